The molecule has 2 aromatic carbocycles. The van der Waals surface area contributed by atoms with E-state index in [1.165, 1.54) is 7.11 Å². The Morgan fingerprint density at radius 3 is 2.36 bits per heavy atom. The summed E-state index contributed by atoms with van der Waals surface area (Å²) in [5, 5.41) is 0. The SMILES string of the molecule is COC(=O)c1cccc(Oc2c(Br)c(N)c(OC)c(C(C)C)c2Br)c1. The first kappa shape index (κ1) is 19.6. The zero-order valence-corrected chi connectivity index (χ0v) is 17.5. The van der Waals surface area contributed by atoms with Crippen LogP contribution >= 0.6 is 31.9 Å². The van der Waals surface area contributed by atoms with Crippen LogP contribution in [0.2, 0.25) is 0 Å². The fourth-order valence-electron chi connectivity index (χ4n) is 2.43. The van der Waals surface area contributed by atoms with Gasteiger partial charge < -0.3 is 19.9 Å². The molecule has 0 bridgehead atoms. The Morgan fingerprint density at radius 1 is 1.12 bits per heavy atom. The van der Waals surface area contributed by atoms with Crippen molar-refractivity contribution in [2.75, 3.05) is 20.0 Å². The van der Waals surface area contributed by atoms with Crippen molar-refractivity contribution in [3.63, 3.8) is 0 Å². The van der Waals surface area contributed by atoms with E-state index in [9.17, 15) is 4.79 Å². The quantitative estimate of drug-likeness (QED) is 0.459. The number of esters is 1. The molecular formula is C18H19Br2NO4. The molecule has 0 saturated carbocycles. The van der Waals surface area contributed by atoms with Gasteiger partial charge in [0.25, 0.3) is 0 Å². The lowest BCUT2D eigenvalue weighted by atomic mass is 10.0. The van der Waals surface area contributed by atoms with Gasteiger partial charge in [-0.3, -0.25) is 0 Å². The molecule has 7 heteroatoms. The number of carbonyl (C=O) groups excluding carboxylic acids is 1. The predicted molar refractivity (Wildman–Crippen MR) is 105 cm³/mol. The normalized spacial score (nSPS) is 10.7. The van der Waals surface area contributed by atoms with Crippen molar-refractivity contribution in [3.8, 4) is 17.2 Å². The van der Waals surface area contributed by atoms with Crippen LogP contribution in [0, 0.1) is 0 Å². The van der Waals surface area contributed by atoms with Crippen LogP contribution < -0.4 is 15.2 Å². The summed E-state index contributed by atoms with van der Waals surface area (Å²) in [5.41, 5.74) is 7.97. The Kier molecular flexibility index (Phi) is 6.35. The van der Waals surface area contributed by atoms with Crippen LogP contribution in [0.1, 0.15) is 35.7 Å². The van der Waals surface area contributed by atoms with E-state index >= 15 is 0 Å². The van der Waals surface area contributed by atoms with E-state index in [-0.39, 0.29) is 5.92 Å². The van der Waals surface area contributed by atoms with E-state index < -0.39 is 5.97 Å². The molecule has 0 radical (unpaired) electrons. The fourth-order valence-corrected chi connectivity index (χ4v) is 4.08. The molecule has 0 aliphatic heterocycles. The minimum atomic E-state index is -0.430. The molecule has 25 heavy (non-hydrogen) atoms. The van der Waals surface area contributed by atoms with Crippen LogP contribution in [0.25, 0.3) is 0 Å². The standard InChI is InChI=1S/C18H19Br2NO4/c1-9(2)12-13(19)17(14(20)15(21)16(12)23-3)25-11-7-5-6-10(8-11)18(22)24-4/h5-9H,21H2,1-4H3. The van der Waals surface area contributed by atoms with Gasteiger partial charge in [0.05, 0.1) is 34.4 Å². The van der Waals surface area contributed by atoms with Crippen molar-refractivity contribution in [2.24, 2.45) is 0 Å². The first-order chi connectivity index (χ1) is 11.8. The molecule has 0 aromatic heterocycles. The largest absolute Gasteiger partial charge is 0.494 e. The lowest BCUT2D eigenvalue weighted by Crippen LogP contribution is -2.04. The average molecular weight is 473 g/mol. The maximum Gasteiger partial charge on any atom is 0.337 e. The van der Waals surface area contributed by atoms with Crippen LogP contribution in [0.15, 0.2) is 33.2 Å². The van der Waals surface area contributed by atoms with Crippen LogP contribution in [-0.2, 0) is 4.74 Å². The highest BCUT2D eigenvalue weighted by molar-refractivity contribution is 9.11. The van der Waals surface area contributed by atoms with E-state index in [4.69, 9.17) is 19.9 Å². The van der Waals surface area contributed by atoms with Crippen LogP contribution in [-0.4, -0.2) is 20.2 Å². The predicted octanol–water partition coefficient (Wildman–Crippen LogP) is 5.50. The molecule has 0 fully saturated rings. The topological polar surface area (TPSA) is 70.8 Å². The molecule has 5 nitrogen and oxygen atoms in total. The number of hydrogen-bond acceptors (Lipinski definition) is 5. The molecule has 0 aliphatic rings. The van der Waals surface area contributed by atoms with Gasteiger partial charge in [-0.1, -0.05) is 19.9 Å². The lowest BCUT2D eigenvalue weighted by molar-refractivity contribution is 0.0600. The van der Waals surface area contributed by atoms with E-state index in [0.29, 0.717) is 33.0 Å². The van der Waals surface area contributed by atoms with Gasteiger partial charge in [0.1, 0.15) is 11.5 Å². The van der Waals surface area contributed by atoms with E-state index in [1.54, 1.807) is 31.4 Å². The molecule has 134 valence electrons. The van der Waals surface area contributed by atoms with Gasteiger partial charge in [0, 0.05) is 5.56 Å². The number of hydrogen-bond donors (Lipinski definition) is 1. The molecule has 0 unspecified atom stereocenters. The maximum atomic E-state index is 11.7. The van der Waals surface area contributed by atoms with Crippen LogP contribution in [0.4, 0.5) is 5.69 Å². The van der Waals surface area contributed by atoms with Crippen molar-refractivity contribution in [1.29, 1.82) is 0 Å². The third-order valence-electron chi connectivity index (χ3n) is 3.62. The molecule has 0 atom stereocenters. The van der Waals surface area contributed by atoms with Crippen molar-refractivity contribution in [2.45, 2.75) is 19.8 Å². The number of anilines is 1. The molecule has 0 spiro atoms. The zero-order chi connectivity index (χ0) is 18.7. The highest BCUT2D eigenvalue weighted by Gasteiger charge is 2.24. The Labute approximate surface area is 163 Å². The van der Waals surface area contributed by atoms with Gasteiger partial charge in [0.2, 0.25) is 0 Å². The van der Waals surface area contributed by atoms with Crippen LogP contribution in [0.3, 0.4) is 0 Å². The number of benzene rings is 2. The van der Waals surface area contributed by atoms with Gasteiger partial charge in [-0.2, -0.15) is 0 Å². The lowest BCUT2D eigenvalue weighted by Gasteiger charge is -2.21. The number of rotatable bonds is 5. The summed E-state index contributed by atoms with van der Waals surface area (Å²) < 4.78 is 17.5. The molecule has 0 amide bonds. The Balaban J connectivity index is 2.55. The van der Waals surface area contributed by atoms with E-state index in [1.807, 2.05) is 13.8 Å². The summed E-state index contributed by atoms with van der Waals surface area (Å²) in [6.07, 6.45) is 0. The number of halogens is 2. The molecule has 2 aromatic rings. The Morgan fingerprint density at radius 2 is 1.80 bits per heavy atom. The van der Waals surface area contributed by atoms with Crippen molar-refractivity contribution in [1.82, 2.24) is 0 Å². The highest BCUT2D eigenvalue weighted by atomic mass is 79.9. The van der Waals surface area contributed by atoms with Gasteiger partial charge in [-0.15, -0.1) is 0 Å². The second-order valence-corrected chi connectivity index (χ2v) is 7.18. The van der Waals surface area contributed by atoms with Crippen molar-refractivity contribution < 1.29 is 19.0 Å². The Hall–Kier alpha value is -1.73. The summed E-state index contributed by atoms with van der Waals surface area (Å²) in [7, 11) is 2.92. The minimum Gasteiger partial charge on any atom is -0.494 e. The molecule has 0 heterocycles. The zero-order valence-electron chi connectivity index (χ0n) is 14.4. The molecular weight excluding hydrogens is 454 g/mol. The second-order valence-electron chi connectivity index (χ2n) is 5.59. The minimum absolute atomic E-state index is 0.156. The first-order valence-electron chi connectivity index (χ1n) is 7.52. The summed E-state index contributed by atoms with van der Waals surface area (Å²) in [6.45, 7) is 4.08. The third-order valence-corrected chi connectivity index (χ3v) is 5.19. The number of nitrogen functional groups attached to an aromatic ring is 1. The summed E-state index contributed by atoms with van der Waals surface area (Å²) in [6, 6.07) is 6.74. The number of ether oxygens (including phenoxy) is 3. The second kappa shape index (κ2) is 8.10. The average Bonchev–Trinajstić information content (AvgIpc) is 2.60. The number of carbonyl (C=O) groups is 1. The van der Waals surface area contributed by atoms with Crippen molar-refractivity contribution in [3.05, 3.63) is 44.3 Å². The number of nitrogens with two attached hydrogens (primary N) is 1. The van der Waals surface area contributed by atoms with Gasteiger partial charge in [0.15, 0.2) is 5.75 Å². The molecule has 0 aliphatic carbocycles. The maximum absolute atomic E-state index is 11.7. The number of methoxy groups -OCH3 is 2. The molecule has 2 N–H and O–H groups in total. The smallest absolute Gasteiger partial charge is 0.337 e. The summed E-state index contributed by atoms with van der Waals surface area (Å²) in [4.78, 5) is 11.7. The summed E-state index contributed by atoms with van der Waals surface area (Å²) in [5.74, 6) is 1.33. The van der Waals surface area contributed by atoms with Gasteiger partial charge in [-0.25, -0.2) is 4.79 Å². The van der Waals surface area contributed by atoms with E-state index in [0.717, 1.165) is 10.0 Å². The third kappa shape index (κ3) is 3.93. The van der Waals surface area contributed by atoms with Crippen LogP contribution in [0.5, 0.6) is 17.2 Å². The van der Waals surface area contributed by atoms with Gasteiger partial charge >= 0.3 is 5.97 Å². The van der Waals surface area contributed by atoms with Gasteiger partial charge in [-0.05, 0) is 56.0 Å². The van der Waals surface area contributed by atoms with E-state index in [2.05, 4.69) is 31.9 Å². The Bertz CT molecular complexity index is 806. The monoisotopic (exact) mass is 471 g/mol. The molecule has 0 saturated heterocycles. The highest BCUT2D eigenvalue weighted by Crippen LogP contribution is 2.50. The summed E-state index contributed by atoms with van der Waals surface area (Å²) >= 11 is 7.07. The fraction of sp³-hybridized carbons (Fsp3) is 0.278. The first-order valence-corrected chi connectivity index (χ1v) is 9.10. The molecule has 2 rings (SSSR count). The van der Waals surface area contributed by atoms with Crippen molar-refractivity contribution >= 4 is 43.5 Å².